The molecule has 1 aliphatic heterocycles. The molecule has 0 unspecified atom stereocenters. The highest BCUT2D eigenvalue weighted by Gasteiger charge is 2.40. The van der Waals surface area contributed by atoms with E-state index in [1.807, 2.05) is 55.5 Å². The molecule has 1 aromatic heterocycles. The minimum Gasteiger partial charge on any atom is -0.300 e. The smallest absolute Gasteiger partial charge is 0.266 e. The maximum Gasteiger partial charge on any atom is 0.266 e. The Morgan fingerprint density at radius 1 is 0.900 bits per heavy atom. The van der Waals surface area contributed by atoms with Crippen molar-refractivity contribution in [3.63, 3.8) is 0 Å². The molecule has 0 spiro atoms. The van der Waals surface area contributed by atoms with Crippen LogP contribution in [0.5, 0.6) is 0 Å². The van der Waals surface area contributed by atoms with E-state index in [1.54, 1.807) is 12.1 Å². The van der Waals surface area contributed by atoms with Gasteiger partial charge < -0.3 is 0 Å². The number of fused-ring (bicyclic) bond motifs is 3. The zero-order valence-corrected chi connectivity index (χ0v) is 18.0. The Balaban J connectivity index is 1.73. The number of imidazole rings is 1. The van der Waals surface area contributed by atoms with Crippen molar-refractivity contribution in [3.8, 4) is 0 Å². The van der Waals surface area contributed by atoms with Gasteiger partial charge in [0.05, 0.1) is 28.5 Å². The van der Waals surface area contributed by atoms with Gasteiger partial charge in [0.25, 0.3) is 10.0 Å². The van der Waals surface area contributed by atoms with E-state index in [2.05, 4.69) is 24.5 Å². The lowest BCUT2D eigenvalue weighted by Gasteiger charge is -2.18. The predicted molar refractivity (Wildman–Crippen MR) is 119 cm³/mol. The van der Waals surface area contributed by atoms with Crippen molar-refractivity contribution >= 4 is 27.0 Å². The summed E-state index contributed by atoms with van der Waals surface area (Å²) in [5, 5.41) is 0. The number of sulfonamides is 1. The van der Waals surface area contributed by atoms with Crippen LogP contribution in [0.25, 0.3) is 11.0 Å². The number of aromatic nitrogens is 2. The van der Waals surface area contributed by atoms with E-state index < -0.39 is 10.0 Å². The minimum absolute atomic E-state index is 0.131. The van der Waals surface area contributed by atoms with Crippen molar-refractivity contribution in [3.05, 3.63) is 89.0 Å². The Morgan fingerprint density at radius 3 is 2.27 bits per heavy atom. The molecule has 0 saturated carbocycles. The Kier molecular flexibility index (Phi) is 4.22. The van der Waals surface area contributed by atoms with Gasteiger partial charge in [-0.05, 0) is 61.7 Å². The first kappa shape index (κ1) is 18.9. The standard InChI is InChI=1S/C24H23N3O2S/c1-16-9-11-20(12-10-16)30(28,29)26-15-23(19-7-5-4-6-8-19)27-22-14-18(3)17(2)13-21(22)25-24(26)27/h4-14,23H,15H2,1-3H3/t23-/m0/s1. The molecule has 0 aliphatic carbocycles. The molecule has 0 radical (unpaired) electrons. The lowest BCUT2D eigenvalue weighted by molar-refractivity contribution is 0.589. The van der Waals surface area contributed by atoms with E-state index >= 15 is 0 Å². The molecule has 6 heteroatoms. The SMILES string of the molecule is Cc1ccc(S(=O)(=O)N2C[C@@H](c3ccccc3)n3c2nc2cc(C)c(C)cc23)cc1. The fourth-order valence-corrected chi connectivity index (χ4v) is 5.53. The van der Waals surface area contributed by atoms with Crippen LogP contribution in [0.2, 0.25) is 0 Å². The topological polar surface area (TPSA) is 55.2 Å². The highest BCUT2D eigenvalue weighted by Crippen LogP contribution is 2.40. The van der Waals surface area contributed by atoms with Crippen LogP contribution in [-0.4, -0.2) is 24.5 Å². The quantitative estimate of drug-likeness (QED) is 0.483. The molecular weight excluding hydrogens is 394 g/mol. The molecule has 30 heavy (non-hydrogen) atoms. The number of benzene rings is 3. The summed E-state index contributed by atoms with van der Waals surface area (Å²) >= 11 is 0. The molecule has 0 N–H and O–H groups in total. The first-order chi connectivity index (χ1) is 14.4. The van der Waals surface area contributed by atoms with Gasteiger partial charge in [-0.3, -0.25) is 4.57 Å². The van der Waals surface area contributed by atoms with E-state index in [0.29, 0.717) is 12.5 Å². The van der Waals surface area contributed by atoms with Crippen LogP contribution in [0.1, 0.15) is 28.3 Å². The van der Waals surface area contributed by atoms with E-state index in [1.165, 1.54) is 4.31 Å². The van der Waals surface area contributed by atoms with Crippen molar-refractivity contribution in [2.75, 3.05) is 10.8 Å². The van der Waals surface area contributed by atoms with Gasteiger partial charge in [-0.1, -0.05) is 48.0 Å². The first-order valence-electron chi connectivity index (χ1n) is 10.00. The average Bonchev–Trinajstić information content (AvgIpc) is 3.27. The second kappa shape index (κ2) is 6.71. The zero-order chi connectivity index (χ0) is 21.0. The third-order valence-corrected chi connectivity index (χ3v) is 7.71. The van der Waals surface area contributed by atoms with E-state index in [0.717, 1.165) is 33.3 Å². The summed E-state index contributed by atoms with van der Waals surface area (Å²) in [4.78, 5) is 5.06. The van der Waals surface area contributed by atoms with Gasteiger partial charge in [-0.25, -0.2) is 17.7 Å². The fourth-order valence-electron chi connectivity index (χ4n) is 4.11. The van der Waals surface area contributed by atoms with E-state index in [-0.39, 0.29) is 10.9 Å². The van der Waals surface area contributed by atoms with Crippen LogP contribution >= 0.6 is 0 Å². The molecular formula is C24H23N3O2S. The highest BCUT2D eigenvalue weighted by atomic mass is 32.2. The first-order valence-corrected chi connectivity index (χ1v) is 11.4. The largest absolute Gasteiger partial charge is 0.300 e. The Morgan fingerprint density at radius 2 is 1.57 bits per heavy atom. The van der Waals surface area contributed by atoms with Crippen LogP contribution < -0.4 is 4.31 Å². The fraction of sp³-hybridized carbons (Fsp3) is 0.208. The van der Waals surface area contributed by atoms with Gasteiger partial charge in [0.2, 0.25) is 5.95 Å². The molecule has 0 bridgehead atoms. The van der Waals surface area contributed by atoms with Gasteiger partial charge in [0.15, 0.2) is 0 Å². The lowest BCUT2D eigenvalue weighted by atomic mass is 10.1. The summed E-state index contributed by atoms with van der Waals surface area (Å²) in [5.74, 6) is 0.476. The van der Waals surface area contributed by atoms with Crippen molar-refractivity contribution in [2.45, 2.75) is 31.7 Å². The van der Waals surface area contributed by atoms with Crippen LogP contribution in [0.3, 0.4) is 0 Å². The van der Waals surface area contributed by atoms with Crippen molar-refractivity contribution in [1.82, 2.24) is 9.55 Å². The van der Waals surface area contributed by atoms with Gasteiger partial charge in [0.1, 0.15) is 0 Å². The van der Waals surface area contributed by atoms with Gasteiger partial charge >= 0.3 is 0 Å². The molecule has 0 amide bonds. The van der Waals surface area contributed by atoms with Gasteiger partial charge in [0, 0.05) is 0 Å². The molecule has 152 valence electrons. The molecule has 2 heterocycles. The normalized spacial score (nSPS) is 16.2. The summed E-state index contributed by atoms with van der Waals surface area (Å²) in [6, 6.07) is 21.0. The summed E-state index contributed by atoms with van der Waals surface area (Å²) in [6.45, 7) is 6.39. The molecule has 1 atom stereocenters. The molecule has 5 rings (SSSR count). The van der Waals surface area contributed by atoms with Gasteiger partial charge in [-0.2, -0.15) is 0 Å². The Bertz CT molecular complexity index is 1360. The van der Waals surface area contributed by atoms with Crippen molar-refractivity contribution < 1.29 is 8.42 Å². The second-order valence-electron chi connectivity index (χ2n) is 7.98. The van der Waals surface area contributed by atoms with Crippen LogP contribution in [0.4, 0.5) is 5.95 Å². The number of aryl methyl sites for hydroxylation is 3. The van der Waals surface area contributed by atoms with Crippen LogP contribution in [0.15, 0.2) is 71.6 Å². The number of hydrogen-bond acceptors (Lipinski definition) is 3. The second-order valence-corrected chi connectivity index (χ2v) is 9.84. The number of anilines is 1. The van der Waals surface area contributed by atoms with E-state index in [9.17, 15) is 8.42 Å². The maximum atomic E-state index is 13.6. The minimum atomic E-state index is -3.73. The molecule has 3 aromatic carbocycles. The van der Waals surface area contributed by atoms with Crippen molar-refractivity contribution in [2.24, 2.45) is 0 Å². The van der Waals surface area contributed by atoms with E-state index in [4.69, 9.17) is 4.98 Å². The molecule has 0 saturated heterocycles. The van der Waals surface area contributed by atoms with Crippen LogP contribution in [0, 0.1) is 20.8 Å². The predicted octanol–water partition coefficient (Wildman–Crippen LogP) is 4.76. The molecule has 1 aliphatic rings. The number of nitrogens with zero attached hydrogens (tertiary/aromatic N) is 3. The van der Waals surface area contributed by atoms with Gasteiger partial charge in [-0.15, -0.1) is 0 Å². The number of hydrogen-bond donors (Lipinski definition) is 0. The third-order valence-electron chi connectivity index (χ3n) is 5.95. The third kappa shape index (κ3) is 2.82. The summed E-state index contributed by atoms with van der Waals surface area (Å²) < 4.78 is 30.7. The molecule has 4 aromatic rings. The lowest BCUT2D eigenvalue weighted by Crippen LogP contribution is -2.30. The molecule has 5 nitrogen and oxygen atoms in total. The highest BCUT2D eigenvalue weighted by molar-refractivity contribution is 7.92. The number of rotatable bonds is 3. The van der Waals surface area contributed by atoms with Crippen molar-refractivity contribution in [1.29, 1.82) is 0 Å². The summed E-state index contributed by atoms with van der Waals surface area (Å²) in [7, 11) is -3.73. The summed E-state index contributed by atoms with van der Waals surface area (Å²) in [5.41, 5.74) is 6.18. The zero-order valence-electron chi connectivity index (χ0n) is 17.2. The Labute approximate surface area is 176 Å². The summed E-state index contributed by atoms with van der Waals surface area (Å²) in [6.07, 6.45) is 0. The monoisotopic (exact) mass is 417 g/mol. The maximum absolute atomic E-state index is 13.6. The van der Waals surface area contributed by atoms with Crippen LogP contribution in [-0.2, 0) is 10.0 Å². The molecule has 0 fully saturated rings. The Hall–Kier alpha value is -3.12. The average molecular weight is 418 g/mol.